The van der Waals surface area contributed by atoms with Gasteiger partial charge in [0.25, 0.3) is 0 Å². The molecule has 0 aliphatic heterocycles. The van der Waals surface area contributed by atoms with E-state index in [2.05, 4.69) is 21.9 Å². The summed E-state index contributed by atoms with van der Waals surface area (Å²) in [6.07, 6.45) is 6.46. The molecule has 0 aliphatic rings. The number of nitrogens with one attached hydrogen (secondary N) is 2. The maximum absolute atomic E-state index is 4.16. The Labute approximate surface area is 96.1 Å². The predicted octanol–water partition coefficient (Wildman–Crippen LogP) is 2.68. The minimum absolute atomic E-state index is 0.907. The van der Waals surface area contributed by atoms with Crippen LogP contribution in [0.2, 0.25) is 0 Å². The van der Waals surface area contributed by atoms with Gasteiger partial charge in [0.05, 0.1) is 0 Å². The Morgan fingerprint density at radius 3 is 3.00 bits per heavy atom. The third-order valence-electron chi connectivity index (χ3n) is 2.12. The van der Waals surface area contributed by atoms with Gasteiger partial charge in [-0.15, -0.1) is 0 Å². The first-order valence-electron chi connectivity index (χ1n) is 5.23. The SMILES string of the molecule is CNc1cc(NCCCCSC)ccn1. The average molecular weight is 225 g/mol. The first-order valence-corrected chi connectivity index (χ1v) is 6.63. The summed E-state index contributed by atoms with van der Waals surface area (Å²) in [5.41, 5.74) is 1.14. The average Bonchev–Trinajstić information content (AvgIpc) is 2.29. The molecule has 84 valence electrons. The van der Waals surface area contributed by atoms with Gasteiger partial charge in [-0.05, 0) is 30.9 Å². The van der Waals surface area contributed by atoms with E-state index in [0.29, 0.717) is 0 Å². The van der Waals surface area contributed by atoms with Crippen molar-refractivity contribution in [3.05, 3.63) is 18.3 Å². The molecule has 0 spiro atoms. The van der Waals surface area contributed by atoms with Crippen molar-refractivity contribution in [2.45, 2.75) is 12.8 Å². The lowest BCUT2D eigenvalue weighted by molar-refractivity contribution is 0.843. The van der Waals surface area contributed by atoms with Crippen LogP contribution >= 0.6 is 11.8 Å². The summed E-state index contributed by atoms with van der Waals surface area (Å²) in [6.45, 7) is 1.04. The zero-order valence-electron chi connectivity index (χ0n) is 9.42. The minimum Gasteiger partial charge on any atom is -0.385 e. The van der Waals surface area contributed by atoms with Crippen LogP contribution in [0.5, 0.6) is 0 Å². The van der Waals surface area contributed by atoms with Crippen LogP contribution in [-0.2, 0) is 0 Å². The van der Waals surface area contributed by atoms with Gasteiger partial charge in [-0.1, -0.05) is 0 Å². The molecule has 1 aromatic rings. The van der Waals surface area contributed by atoms with E-state index in [0.717, 1.165) is 18.1 Å². The smallest absolute Gasteiger partial charge is 0.127 e. The molecule has 0 bridgehead atoms. The van der Waals surface area contributed by atoms with Gasteiger partial charge in [-0.25, -0.2) is 4.98 Å². The molecule has 0 unspecified atom stereocenters. The normalized spacial score (nSPS) is 10.0. The molecular weight excluding hydrogens is 206 g/mol. The highest BCUT2D eigenvalue weighted by Gasteiger charge is 1.94. The van der Waals surface area contributed by atoms with Crippen LogP contribution in [0.15, 0.2) is 18.3 Å². The molecule has 0 radical (unpaired) electrons. The van der Waals surface area contributed by atoms with Crippen molar-refractivity contribution in [1.82, 2.24) is 4.98 Å². The first-order chi connectivity index (χ1) is 7.36. The number of thioether (sulfide) groups is 1. The molecule has 0 fully saturated rings. The summed E-state index contributed by atoms with van der Waals surface area (Å²) in [6, 6.07) is 4.02. The Hall–Kier alpha value is -0.900. The molecule has 3 nitrogen and oxygen atoms in total. The van der Waals surface area contributed by atoms with Crippen LogP contribution in [-0.4, -0.2) is 30.6 Å². The van der Waals surface area contributed by atoms with Crippen LogP contribution in [0.25, 0.3) is 0 Å². The van der Waals surface area contributed by atoms with Gasteiger partial charge >= 0.3 is 0 Å². The monoisotopic (exact) mass is 225 g/mol. The first kappa shape index (κ1) is 12.2. The molecule has 0 saturated carbocycles. The van der Waals surface area contributed by atoms with Crippen LogP contribution < -0.4 is 10.6 Å². The number of pyridine rings is 1. The molecular formula is C11H19N3S. The van der Waals surface area contributed by atoms with E-state index < -0.39 is 0 Å². The molecule has 1 aromatic heterocycles. The van der Waals surface area contributed by atoms with Gasteiger partial charge in [-0.3, -0.25) is 0 Å². The summed E-state index contributed by atoms with van der Waals surface area (Å²) < 4.78 is 0. The zero-order chi connectivity index (χ0) is 10.9. The van der Waals surface area contributed by atoms with E-state index in [1.165, 1.54) is 18.6 Å². The summed E-state index contributed by atoms with van der Waals surface area (Å²) in [5, 5.41) is 6.41. The van der Waals surface area contributed by atoms with Crippen LogP contribution in [0.3, 0.4) is 0 Å². The topological polar surface area (TPSA) is 37.0 Å². The zero-order valence-corrected chi connectivity index (χ0v) is 10.2. The number of nitrogens with zero attached hydrogens (tertiary/aromatic N) is 1. The number of anilines is 2. The van der Waals surface area contributed by atoms with Gasteiger partial charge in [0.1, 0.15) is 5.82 Å². The second-order valence-electron chi connectivity index (χ2n) is 3.31. The van der Waals surface area contributed by atoms with E-state index in [-0.39, 0.29) is 0 Å². The van der Waals surface area contributed by atoms with Crippen molar-refractivity contribution in [1.29, 1.82) is 0 Å². The van der Waals surface area contributed by atoms with E-state index >= 15 is 0 Å². The molecule has 1 heterocycles. The fourth-order valence-electron chi connectivity index (χ4n) is 1.28. The highest BCUT2D eigenvalue weighted by atomic mass is 32.2. The van der Waals surface area contributed by atoms with Crippen LogP contribution in [0.4, 0.5) is 11.5 Å². The van der Waals surface area contributed by atoms with Crippen molar-refractivity contribution in [3.8, 4) is 0 Å². The third kappa shape index (κ3) is 4.93. The molecule has 0 aliphatic carbocycles. The molecule has 0 amide bonds. The van der Waals surface area contributed by atoms with E-state index in [1.807, 2.05) is 37.1 Å². The summed E-state index contributed by atoms with van der Waals surface area (Å²) in [5.74, 6) is 2.16. The van der Waals surface area contributed by atoms with Crippen molar-refractivity contribution >= 4 is 23.3 Å². The molecule has 4 heteroatoms. The van der Waals surface area contributed by atoms with Gasteiger partial charge in [0.15, 0.2) is 0 Å². The maximum Gasteiger partial charge on any atom is 0.127 e. The quantitative estimate of drug-likeness (QED) is 0.700. The molecule has 2 N–H and O–H groups in total. The summed E-state index contributed by atoms with van der Waals surface area (Å²) >= 11 is 1.91. The van der Waals surface area contributed by atoms with E-state index in [9.17, 15) is 0 Å². The van der Waals surface area contributed by atoms with Gasteiger partial charge in [0, 0.05) is 31.5 Å². The summed E-state index contributed by atoms with van der Waals surface area (Å²) in [7, 11) is 1.88. The van der Waals surface area contributed by atoms with Crippen LogP contribution in [0.1, 0.15) is 12.8 Å². The van der Waals surface area contributed by atoms with E-state index in [1.54, 1.807) is 0 Å². The van der Waals surface area contributed by atoms with Crippen molar-refractivity contribution in [2.75, 3.05) is 36.2 Å². The third-order valence-corrected chi connectivity index (χ3v) is 2.82. The summed E-state index contributed by atoms with van der Waals surface area (Å²) in [4.78, 5) is 4.16. The predicted molar refractivity (Wildman–Crippen MR) is 69.9 cm³/mol. The van der Waals surface area contributed by atoms with Gasteiger partial charge in [0.2, 0.25) is 0 Å². The highest BCUT2D eigenvalue weighted by Crippen LogP contribution is 2.11. The van der Waals surface area contributed by atoms with E-state index in [4.69, 9.17) is 0 Å². The van der Waals surface area contributed by atoms with Gasteiger partial charge < -0.3 is 10.6 Å². The second-order valence-corrected chi connectivity index (χ2v) is 4.29. The van der Waals surface area contributed by atoms with Gasteiger partial charge in [-0.2, -0.15) is 11.8 Å². The lowest BCUT2D eigenvalue weighted by atomic mass is 10.3. The minimum atomic E-state index is 0.907. The molecule has 0 aromatic carbocycles. The van der Waals surface area contributed by atoms with Crippen molar-refractivity contribution < 1.29 is 0 Å². The highest BCUT2D eigenvalue weighted by molar-refractivity contribution is 7.98. The second kappa shape index (κ2) is 7.40. The molecule has 1 rings (SSSR count). The standard InChI is InChI=1S/C11H19N3S/c1-12-11-9-10(5-7-14-11)13-6-3-4-8-15-2/h5,7,9H,3-4,6,8H2,1-2H3,(H2,12,13,14). The number of hydrogen-bond donors (Lipinski definition) is 2. The fourth-order valence-corrected chi connectivity index (χ4v) is 1.77. The Morgan fingerprint density at radius 1 is 1.40 bits per heavy atom. The number of aromatic nitrogens is 1. The van der Waals surface area contributed by atoms with Crippen LogP contribution in [0, 0.1) is 0 Å². The number of hydrogen-bond acceptors (Lipinski definition) is 4. The number of unbranched alkanes of at least 4 members (excludes halogenated alkanes) is 1. The van der Waals surface area contributed by atoms with Crippen molar-refractivity contribution in [3.63, 3.8) is 0 Å². The molecule has 0 atom stereocenters. The largest absolute Gasteiger partial charge is 0.385 e. The Kier molecular flexibility index (Phi) is 6.00. The molecule has 0 saturated heterocycles. The fraction of sp³-hybridized carbons (Fsp3) is 0.545. The Bertz CT molecular complexity index is 278. The Morgan fingerprint density at radius 2 is 2.27 bits per heavy atom. The lowest BCUT2D eigenvalue weighted by Crippen LogP contribution is -2.02. The van der Waals surface area contributed by atoms with Crippen molar-refractivity contribution in [2.24, 2.45) is 0 Å². The molecule has 15 heavy (non-hydrogen) atoms. The lowest BCUT2D eigenvalue weighted by Gasteiger charge is -2.07. The Balaban J connectivity index is 2.24. The number of rotatable bonds is 7. The maximum atomic E-state index is 4.16.